The van der Waals surface area contributed by atoms with Crippen LogP contribution in [0.5, 0.6) is 0 Å². The van der Waals surface area contributed by atoms with Crippen molar-refractivity contribution in [3.05, 3.63) is 104 Å². The molecule has 0 aromatic rings. The van der Waals surface area contributed by atoms with Gasteiger partial charge in [0.05, 0.1) is 111 Å². The van der Waals surface area contributed by atoms with Gasteiger partial charge in [0, 0.05) is 126 Å². The van der Waals surface area contributed by atoms with Gasteiger partial charge in [0.1, 0.15) is 79.9 Å². The van der Waals surface area contributed by atoms with E-state index in [4.69, 9.17) is 94.7 Å². The van der Waals surface area contributed by atoms with Crippen LogP contribution in [0.15, 0.2) is 51.1 Å². The van der Waals surface area contributed by atoms with Crippen molar-refractivity contribution in [2.75, 3.05) is 26.6 Å². The summed E-state index contributed by atoms with van der Waals surface area (Å²) in [6.45, 7) is -0.244. The highest BCUT2D eigenvalue weighted by molar-refractivity contribution is 5.14. The van der Waals surface area contributed by atoms with Crippen molar-refractivity contribution in [2.24, 2.45) is 51.1 Å². The van der Waals surface area contributed by atoms with Crippen LogP contribution in [0.2, 0.25) is 0 Å². The first-order chi connectivity index (χ1) is 60.2. The lowest BCUT2D eigenvalue weighted by atomic mass is 9.84. The molecule has 9 saturated carbocycles. The van der Waals surface area contributed by atoms with E-state index in [0.29, 0.717) is 77.0 Å². The average molecular weight is 1720 g/mol. The lowest BCUT2D eigenvalue weighted by molar-refractivity contribution is -0.403. The molecule has 18 rings (SSSR count). The molecule has 0 radical (unpaired) electrons. The van der Waals surface area contributed by atoms with Crippen molar-refractivity contribution < 1.29 is 94.7 Å². The second-order valence-corrected chi connectivity index (χ2v) is 35.4. The molecule has 50 heteroatoms. The van der Waals surface area contributed by atoms with Crippen LogP contribution in [-0.2, 0) is 94.7 Å². The second-order valence-electron chi connectivity index (χ2n) is 35.4. The molecule has 0 N–H and O–H groups in total. The van der Waals surface area contributed by atoms with Gasteiger partial charge in [0.15, 0.2) is 53.6 Å². The maximum Gasteiger partial charge on any atom is 0.169 e. The molecule has 123 heavy (non-hydrogen) atoms. The third kappa shape index (κ3) is 18.0. The minimum Gasteiger partial charge on any atom is -0.349 e. The summed E-state index contributed by atoms with van der Waals surface area (Å²) < 4.78 is 133. The smallest absolute Gasteiger partial charge is 0.169 e. The maximum absolute atomic E-state index is 10.4. The van der Waals surface area contributed by atoms with Crippen LogP contribution in [0.4, 0.5) is 0 Å². The average Bonchev–Trinajstić information content (AvgIpc) is 1.61. The van der Waals surface area contributed by atoms with Gasteiger partial charge in [0.25, 0.3) is 0 Å². The summed E-state index contributed by atoms with van der Waals surface area (Å²) >= 11 is 0. The molecule has 18 aliphatic rings. The molecule has 30 atom stereocenters. The molecule has 9 aliphatic heterocycles. The molecule has 9 aliphatic carbocycles. The number of fused-ring (bicyclic) bond motifs is 6. The fraction of sp³-hybridized carbons (Fsp3) is 1.00. The van der Waals surface area contributed by atoms with E-state index in [1.165, 1.54) is 0 Å². The molecule has 18 fully saturated rings. The number of azide groups is 10. The van der Waals surface area contributed by atoms with E-state index in [9.17, 15) is 55.3 Å². The summed E-state index contributed by atoms with van der Waals surface area (Å²) in [7, 11) is 0. The van der Waals surface area contributed by atoms with Gasteiger partial charge in [-0.2, -0.15) is 0 Å². The molecule has 9 saturated heterocycles. The fourth-order valence-electron chi connectivity index (χ4n) is 22.6. The van der Waals surface area contributed by atoms with E-state index in [1.807, 2.05) is 0 Å². The Hall–Kier alpha value is -7.70. The van der Waals surface area contributed by atoms with E-state index < -0.39 is 225 Å². The summed E-state index contributed by atoms with van der Waals surface area (Å²) in [5, 5.41) is 40.8. The second kappa shape index (κ2) is 38.5. The molecule has 0 bridgehead atoms. The SMILES string of the molecule is [N-]=[N+]=NC1C[C@H](N=[N+]=[N-])C2OC3(CCCCC3)O[C@H]2[C@@H]1O[C@H]1OC2COC3(CCCCC3)O[C@H]2[C@H](OCO[C@@H]2C(N=[N+]=[N-])[C@@H](O[C@@H]3C(N=[N+]=[N-])C[C@@H](N=[N+]=[N-])C4OC5(CCCCC5)O[C@H]43)OC3COC4(CCCCC4)O[C@H]32)C1N=[N+]=[N-].[N-]=[N+]=NC1[C@@H](O[C@@H]2C(N=[N+]=[N-])C[C@@H](N=[N+]=[N-])C3OC4(CCCCC4)O[C@H]32)OC2COC3(CCCCC3)O[C@H]2[C@@H]1N=[N+]=[N-]. The number of hydrogen-bond donors (Lipinski definition) is 0. The molecule has 12 unspecified atom stereocenters. The largest absolute Gasteiger partial charge is 0.349 e. The summed E-state index contributed by atoms with van der Waals surface area (Å²) in [5.74, 6) is -5.57. The van der Waals surface area contributed by atoms with Gasteiger partial charge in [-0.1, -0.05) is 89.7 Å². The zero-order chi connectivity index (χ0) is 84.8. The van der Waals surface area contributed by atoms with Crippen molar-refractivity contribution in [1.29, 1.82) is 0 Å². The molecule has 0 amide bonds. The molecule has 6 spiro atoms. The Morgan fingerprint density at radius 1 is 0.236 bits per heavy atom. The topological polar surface area (TPSA) is 672 Å². The van der Waals surface area contributed by atoms with Gasteiger partial charge >= 0.3 is 0 Å². The predicted molar refractivity (Wildman–Crippen MR) is 415 cm³/mol. The quantitative estimate of drug-likeness (QED) is 0.0473. The van der Waals surface area contributed by atoms with Gasteiger partial charge in [-0.25, -0.2) is 0 Å². The van der Waals surface area contributed by atoms with Crippen LogP contribution in [0, 0.1) is 0 Å². The predicted octanol–water partition coefficient (Wildman–Crippen LogP) is 15.6. The molecule has 0 aromatic heterocycles. The van der Waals surface area contributed by atoms with Crippen LogP contribution >= 0.6 is 0 Å². The third-order valence-corrected chi connectivity index (χ3v) is 28.3. The normalized spacial score (nSPS) is 42.7. The Kier molecular flexibility index (Phi) is 27.3. The Morgan fingerprint density at radius 3 is 0.772 bits per heavy atom. The molecular weight excluding hydrogens is 1620 g/mol. The van der Waals surface area contributed by atoms with E-state index in [0.717, 1.165) is 116 Å². The lowest BCUT2D eigenvalue weighted by Gasteiger charge is -2.54. The zero-order valence-electron chi connectivity index (χ0n) is 68.1. The van der Waals surface area contributed by atoms with E-state index in [1.54, 1.807) is 0 Å². The van der Waals surface area contributed by atoms with E-state index >= 15 is 0 Å². The first-order valence-electron chi connectivity index (χ1n) is 43.8. The monoisotopic (exact) mass is 1720 g/mol. The zero-order valence-corrected chi connectivity index (χ0v) is 68.1. The van der Waals surface area contributed by atoms with E-state index in [2.05, 4.69) is 100 Å². The molecule has 9 heterocycles. The minimum atomic E-state index is -1.38. The van der Waals surface area contributed by atoms with Crippen LogP contribution in [0.3, 0.4) is 0 Å². The van der Waals surface area contributed by atoms with Crippen molar-refractivity contribution in [2.45, 2.75) is 430 Å². The third-order valence-electron chi connectivity index (χ3n) is 28.3. The molecule has 0 aromatic carbocycles. The van der Waals surface area contributed by atoms with E-state index in [-0.39, 0.29) is 39.1 Å². The highest BCUT2D eigenvalue weighted by atomic mass is 16.8. The maximum atomic E-state index is 10.4. The van der Waals surface area contributed by atoms with Crippen LogP contribution in [-0.4, -0.2) is 244 Å². The van der Waals surface area contributed by atoms with Gasteiger partial charge < -0.3 is 94.7 Å². The first-order valence-corrected chi connectivity index (χ1v) is 43.8. The van der Waals surface area contributed by atoms with Gasteiger partial charge in [-0.05, 0) is 152 Å². The van der Waals surface area contributed by atoms with Crippen molar-refractivity contribution in [3.63, 3.8) is 0 Å². The molecule has 666 valence electrons. The van der Waals surface area contributed by atoms with Gasteiger partial charge in [-0.3, -0.25) is 0 Å². The highest BCUT2D eigenvalue weighted by Crippen LogP contribution is 2.54. The number of rotatable bonds is 20. The number of ether oxygens (including phenoxy) is 20. The van der Waals surface area contributed by atoms with Crippen LogP contribution < -0.4 is 0 Å². The number of nitrogens with zero attached hydrogens (tertiary/aromatic N) is 30. The Morgan fingerprint density at radius 2 is 0.472 bits per heavy atom. The lowest BCUT2D eigenvalue weighted by Crippen LogP contribution is -2.68. The van der Waals surface area contributed by atoms with Gasteiger partial charge in [0.2, 0.25) is 0 Å². The summed E-state index contributed by atoms with van der Waals surface area (Å²) in [6.07, 6.45) is 5.63. The van der Waals surface area contributed by atoms with Crippen LogP contribution in [0.1, 0.15) is 212 Å². The van der Waals surface area contributed by atoms with Crippen molar-refractivity contribution >= 4 is 0 Å². The fourth-order valence-corrected chi connectivity index (χ4v) is 22.6. The van der Waals surface area contributed by atoms with Gasteiger partial charge in [-0.15, -0.1) is 0 Å². The first kappa shape index (κ1) is 87.4. The standard InChI is InChI=1S/C49H70N18O14.C24H34N12O6/c50-62-56-26-21-28(58-64-52)36-42(80-48(76-36)17-9-3-10-18-48)34(26)74-44-32(60-66-54)40(38-30(72-44)23-70-46(78-38)13-5-1-6-14-46)68-25-69-41-33(61-67-55)45(73-31-24-71-47(79-39(31)41)15-7-2-8-16-47)75-35-27(57-63-51)22-29(59-65-53)37-43(35)81-49(77-37)19-11-4-12-20-49;25-33-29-13-11-14(30-34-26)19-21(42-24(40-19)9-5-2-6-10-24)18(13)39-22-17(32-36-28)16(31-35-27)20-15(38-22)12-37-23(41-20)7-3-1-4-8-23/h26-45H,1-25H2;13-22H,1-12H2/t26?,27?,28-,29+,30?,31?,32?,33?,34-,35-,36?,37?,38-,39-,40-,41-,42+,43+,44-,45-;13?,14-,15?,16-,17?,18-,19?,20-,21+,22-/m11/s1. The highest BCUT2D eigenvalue weighted by Gasteiger charge is 2.66. The molecular formula is C73H104N30O20. The summed E-state index contributed by atoms with van der Waals surface area (Å²) in [4.78, 5) is 31.1. The molecule has 50 nitrogen and oxygen atoms in total. The van der Waals surface area contributed by atoms with Crippen molar-refractivity contribution in [1.82, 2.24) is 0 Å². The Bertz CT molecular complexity index is 4080. The van der Waals surface area contributed by atoms with Crippen LogP contribution in [0.25, 0.3) is 104 Å². The Labute approximate surface area is 704 Å². The summed E-state index contributed by atoms with van der Waals surface area (Å²) in [5.41, 5.74) is 97.5. The van der Waals surface area contributed by atoms with Crippen molar-refractivity contribution in [3.8, 4) is 0 Å². The summed E-state index contributed by atoms with van der Waals surface area (Å²) in [6, 6.07) is -9.46. The number of hydrogen-bond acceptors (Lipinski definition) is 30. The minimum absolute atomic E-state index is 0.0589. The Balaban J connectivity index is 0.000000214.